The quantitative estimate of drug-likeness (QED) is 0.838. The maximum absolute atomic E-state index is 11.1. The lowest BCUT2D eigenvalue weighted by Gasteiger charge is -2.35. The number of rotatable bonds is 6. The van der Waals surface area contributed by atoms with Crippen LogP contribution in [-0.2, 0) is 12.0 Å². The van der Waals surface area contributed by atoms with Crippen molar-refractivity contribution < 1.29 is 5.11 Å². The van der Waals surface area contributed by atoms with Crippen molar-refractivity contribution in [1.82, 2.24) is 5.32 Å². The first-order valence-corrected chi connectivity index (χ1v) is 8.32. The fraction of sp³-hybridized carbons (Fsp3) is 0.625. The molecule has 0 saturated heterocycles. The Morgan fingerprint density at radius 2 is 2.21 bits per heavy atom. The molecule has 2 rings (SSSR count). The summed E-state index contributed by atoms with van der Waals surface area (Å²) in [5, 5.41) is 14.5. The van der Waals surface area contributed by atoms with Gasteiger partial charge in [0.25, 0.3) is 0 Å². The average molecular weight is 279 g/mol. The van der Waals surface area contributed by atoms with Gasteiger partial charge in [-0.1, -0.05) is 32.4 Å². The molecule has 2 N–H and O–H groups in total. The second kappa shape index (κ2) is 6.29. The largest absolute Gasteiger partial charge is 0.384 e. The van der Waals surface area contributed by atoms with E-state index in [2.05, 4.69) is 44.3 Å². The summed E-state index contributed by atoms with van der Waals surface area (Å²) in [6.07, 6.45) is 2.91. The molecule has 2 atom stereocenters. The van der Waals surface area contributed by atoms with Crippen molar-refractivity contribution in [3.05, 3.63) is 29.3 Å². The lowest BCUT2D eigenvalue weighted by atomic mass is 9.82. The van der Waals surface area contributed by atoms with Crippen molar-refractivity contribution in [3.63, 3.8) is 0 Å². The van der Waals surface area contributed by atoms with E-state index in [-0.39, 0.29) is 6.04 Å². The molecule has 0 amide bonds. The molecule has 1 aromatic rings. The van der Waals surface area contributed by atoms with E-state index in [9.17, 15) is 5.11 Å². The minimum absolute atomic E-state index is 0.0737. The van der Waals surface area contributed by atoms with Gasteiger partial charge in [-0.05, 0) is 43.5 Å². The normalized spacial score (nSPS) is 18.9. The molecule has 0 radical (unpaired) electrons. The van der Waals surface area contributed by atoms with E-state index >= 15 is 0 Å². The Bertz CT molecular complexity index is 435. The predicted molar refractivity (Wildman–Crippen MR) is 82.8 cm³/mol. The van der Waals surface area contributed by atoms with Gasteiger partial charge in [0.15, 0.2) is 0 Å². The monoisotopic (exact) mass is 279 g/mol. The Kier molecular flexibility index (Phi) is 4.93. The molecule has 1 aliphatic rings. The molecule has 1 aliphatic heterocycles. The molecule has 0 bridgehead atoms. The number of nitrogens with one attached hydrogen (secondary N) is 1. The number of fused-ring (bicyclic) bond motifs is 1. The first kappa shape index (κ1) is 14.9. The van der Waals surface area contributed by atoms with Crippen molar-refractivity contribution in [1.29, 1.82) is 0 Å². The van der Waals surface area contributed by atoms with Gasteiger partial charge in [0.1, 0.15) is 5.60 Å². The molecule has 3 heteroatoms. The number of aryl methyl sites for hydroxylation is 1. The number of hydrogen-bond acceptors (Lipinski definition) is 3. The highest BCUT2D eigenvalue weighted by Gasteiger charge is 2.35. The minimum atomic E-state index is -0.757. The van der Waals surface area contributed by atoms with Crippen molar-refractivity contribution in [3.8, 4) is 0 Å². The third-order valence-electron chi connectivity index (χ3n) is 4.05. The summed E-state index contributed by atoms with van der Waals surface area (Å²) >= 11 is 1.92. The predicted octanol–water partition coefficient (Wildman–Crippen LogP) is 3.32. The van der Waals surface area contributed by atoms with Crippen LogP contribution in [0.15, 0.2) is 23.1 Å². The summed E-state index contributed by atoms with van der Waals surface area (Å²) in [5.41, 5.74) is 1.72. The third-order valence-corrected chi connectivity index (χ3v) is 5.16. The maximum Gasteiger partial charge on any atom is 0.105 e. The van der Waals surface area contributed by atoms with Crippen LogP contribution >= 0.6 is 11.8 Å². The van der Waals surface area contributed by atoms with Crippen LogP contribution < -0.4 is 5.32 Å². The van der Waals surface area contributed by atoms with Gasteiger partial charge in [-0.15, -0.1) is 11.8 Å². The van der Waals surface area contributed by atoms with E-state index < -0.39 is 5.60 Å². The van der Waals surface area contributed by atoms with E-state index in [1.54, 1.807) is 0 Å². The highest BCUT2D eigenvalue weighted by molar-refractivity contribution is 7.99. The van der Waals surface area contributed by atoms with E-state index in [4.69, 9.17) is 0 Å². The molecule has 19 heavy (non-hydrogen) atoms. The van der Waals surface area contributed by atoms with Crippen LogP contribution in [0.5, 0.6) is 0 Å². The van der Waals surface area contributed by atoms with Crippen LogP contribution in [0.3, 0.4) is 0 Å². The van der Waals surface area contributed by atoms with Crippen LogP contribution in [0.1, 0.15) is 44.7 Å². The van der Waals surface area contributed by atoms with Crippen molar-refractivity contribution in [2.75, 3.05) is 12.3 Å². The lowest BCUT2D eigenvalue weighted by Crippen LogP contribution is -2.46. The molecule has 2 nitrogen and oxygen atoms in total. The van der Waals surface area contributed by atoms with Crippen LogP contribution in [0.25, 0.3) is 0 Å². The number of benzene rings is 1. The smallest absolute Gasteiger partial charge is 0.105 e. The summed E-state index contributed by atoms with van der Waals surface area (Å²) in [7, 11) is 0. The fourth-order valence-corrected chi connectivity index (χ4v) is 3.98. The van der Waals surface area contributed by atoms with Gasteiger partial charge in [0, 0.05) is 16.7 Å². The van der Waals surface area contributed by atoms with E-state index in [0.29, 0.717) is 0 Å². The van der Waals surface area contributed by atoms with Crippen molar-refractivity contribution >= 4 is 11.8 Å². The van der Waals surface area contributed by atoms with Gasteiger partial charge < -0.3 is 10.4 Å². The topological polar surface area (TPSA) is 32.3 Å². The first-order valence-electron chi connectivity index (χ1n) is 7.33. The molecular weight excluding hydrogens is 254 g/mol. The van der Waals surface area contributed by atoms with Gasteiger partial charge >= 0.3 is 0 Å². The number of thioether (sulfide) groups is 1. The Hall–Kier alpha value is -0.510. The molecule has 2 unspecified atom stereocenters. The summed E-state index contributed by atoms with van der Waals surface area (Å²) in [5.74, 6) is 1.17. The molecule has 106 valence electrons. The number of hydrogen-bond donors (Lipinski definition) is 2. The molecule has 0 aliphatic carbocycles. The molecule has 1 heterocycles. The highest BCUT2D eigenvalue weighted by Crippen LogP contribution is 2.37. The second-order valence-electron chi connectivity index (χ2n) is 5.37. The summed E-state index contributed by atoms with van der Waals surface area (Å²) < 4.78 is 0. The van der Waals surface area contributed by atoms with Crippen molar-refractivity contribution in [2.45, 2.75) is 56.6 Å². The Labute approximate surface area is 121 Å². The SMILES string of the molecule is CCCC(O)(c1ccc2c(c1)CCS2)C(C)NCC. The third kappa shape index (κ3) is 2.99. The fourth-order valence-electron chi connectivity index (χ4n) is 2.92. The first-order chi connectivity index (χ1) is 9.11. The lowest BCUT2D eigenvalue weighted by molar-refractivity contribution is -0.00608. The Morgan fingerprint density at radius 1 is 1.42 bits per heavy atom. The van der Waals surface area contributed by atoms with E-state index in [1.807, 2.05) is 11.8 Å². The van der Waals surface area contributed by atoms with Gasteiger partial charge in [0.05, 0.1) is 0 Å². The van der Waals surface area contributed by atoms with E-state index in [1.165, 1.54) is 16.2 Å². The molecule has 0 fully saturated rings. The van der Waals surface area contributed by atoms with Crippen molar-refractivity contribution in [2.24, 2.45) is 0 Å². The van der Waals surface area contributed by atoms with E-state index in [0.717, 1.165) is 31.4 Å². The number of likely N-dealkylation sites (N-methyl/N-ethyl adjacent to an activating group) is 1. The zero-order valence-electron chi connectivity index (χ0n) is 12.2. The highest BCUT2D eigenvalue weighted by atomic mass is 32.2. The summed E-state index contributed by atoms with van der Waals surface area (Å²) in [6, 6.07) is 6.59. The average Bonchev–Trinajstić information content (AvgIpc) is 2.86. The van der Waals surface area contributed by atoms with Gasteiger partial charge in [0.2, 0.25) is 0 Å². The van der Waals surface area contributed by atoms with Gasteiger partial charge in [-0.3, -0.25) is 0 Å². The van der Waals surface area contributed by atoms with Crippen LogP contribution in [0.4, 0.5) is 0 Å². The molecule has 0 saturated carbocycles. The van der Waals surface area contributed by atoms with Crippen LogP contribution in [0.2, 0.25) is 0 Å². The van der Waals surface area contributed by atoms with Gasteiger partial charge in [-0.25, -0.2) is 0 Å². The zero-order chi connectivity index (χ0) is 13.9. The molecular formula is C16H25NOS. The standard InChI is InChI=1S/C16H25NOS/c1-4-9-16(18,12(3)17-5-2)14-6-7-15-13(11-14)8-10-19-15/h6-7,11-12,17-18H,4-5,8-10H2,1-3H3. The maximum atomic E-state index is 11.1. The zero-order valence-corrected chi connectivity index (χ0v) is 13.0. The van der Waals surface area contributed by atoms with Crippen LogP contribution in [-0.4, -0.2) is 23.4 Å². The van der Waals surface area contributed by atoms with Gasteiger partial charge in [-0.2, -0.15) is 0 Å². The van der Waals surface area contributed by atoms with Crippen LogP contribution in [0, 0.1) is 0 Å². The Morgan fingerprint density at radius 3 is 2.89 bits per heavy atom. The summed E-state index contributed by atoms with van der Waals surface area (Å²) in [4.78, 5) is 1.39. The molecule has 1 aromatic carbocycles. The molecule has 0 spiro atoms. The number of aliphatic hydroxyl groups is 1. The molecule has 0 aromatic heterocycles. The minimum Gasteiger partial charge on any atom is -0.384 e. The second-order valence-corrected chi connectivity index (χ2v) is 6.51. The Balaban J connectivity index is 2.32. The summed E-state index contributed by atoms with van der Waals surface area (Å²) in [6.45, 7) is 7.18.